The molecule has 1 fully saturated rings. The molecule has 0 amide bonds. The van der Waals surface area contributed by atoms with Crippen LogP contribution in [-0.2, 0) is 5.60 Å². The number of aliphatic hydroxyl groups is 1. The maximum Gasteiger partial charge on any atom is 0.144 e. The average molecular weight is 319 g/mol. The highest BCUT2D eigenvalue weighted by Crippen LogP contribution is 2.42. The third kappa shape index (κ3) is 2.34. The fraction of sp³-hybridized carbons (Fsp3) is 0.333. The van der Waals surface area contributed by atoms with Crippen molar-refractivity contribution in [2.24, 2.45) is 0 Å². The largest absolute Gasteiger partial charge is 0.384 e. The van der Waals surface area contributed by atoms with E-state index in [-0.39, 0.29) is 0 Å². The molecule has 1 aliphatic carbocycles. The van der Waals surface area contributed by atoms with Gasteiger partial charge in [-0.05, 0) is 44.9 Å². The van der Waals surface area contributed by atoms with Crippen LogP contribution in [0.25, 0.3) is 22.4 Å². The summed E-state index contributed by atoms with van der Waals surface area (Å²) in [5, 5.41) is 19.6. The van der Waals surface area contributed by atoms with Gasteiger partial charge in [-0.2, -0.15) is 5.26 Å². The summed E-state index contributed by atoms with van der Waals surface area (Å²) >= 11 is 0. The fourth-order valence-corrected chi connectivity index (χ4v) is 3.04. The normalized spacial score (nSPS) is 14.8. The molecule has 1 aliphatic rings. The monoisotopic (exact) mass is 319 g/mol. The topological polar surface area (TPSA) is 87.6 Å². The number of nitrogens with zero attached hydrogens (tertiary/aromatic N) is 5. The molecule has 120 valence electrons. The Bertz CT molecular complexity index is 973. The van der Waals surface area contributed by atoms with E-state index >= 15 is 0 Å². The van der Waals surface area contributed by atoms with Gasteiger partial charge in [0.15, 0.2) is 0 Å². The van der Waals surface area contributed by atoms with Gasteiger partial charge in [-0.15, -0.1) is 0 Å². The zero-order valence-electron chi connectivity index (χ0n) is 13.6. The molecule has 1 aromatic carbocycles. The Labute approximate surface area is 139 Å². The minimum absolute atomic E-state index is 0.369. The van der Waals surface area contributed by atoms with Crippen LogP contribution in [0.15, 0.2) is 30.7 Å². The van der Waals surface area contributed by atoms with Crippen molar-refractivity contribution in [1.29, 1.82) is 5.26 Å². The van der Waals surface area contributed by atoms with Crippen molar-refractivity contribution in [2.45, 2.75) is 38.3 Å². The van der Waals surface area contributed by atoms with Crippen molar-refractivity contribution in [3.05, 3.63) is 42.0 Å². The predicted molar refractivity (Wildman–Crippen MR) is 89.0 cm³/mol. The molecule has 0 spiro atoms. The lowest BCUT2D eigenvalue weighted by Gasteiger charge is -2.20. The molecule has 0 aliphatic heterocycles. The second kappa shape index (κ2) is 5.11. The molecule has 0 bridgehead atoms. The lowest BCUT2D eigenvalue weighted by molar-refractivity contribution is 0.0742. The van der Waals surface area contributed by atoms with Gasteiger partial charge < -0.3 is 9.67 Å². The zero-order chi connectivity index (χ0) is 16.9. The summed E-state index contributed by atoms with van der Waals surface area (Å²) in [6.07, 6.45) is 5.31. The number of hydrogen-bond acceptors (Lipinski definition) is 5. The van der Waals surface area contributed by atoms with Gasteiger partial charge in [0, 0.05) is 12.2 Å². The van der Waals surface area contributed by atoms with Crippen LogP contribution in [-0.4, -0.2) is 24.6 Å². The molecule has 0 saturated heterocycles. The Hall–Kier alpha value is -2.78. The van der Waals surface area contributed by atoms with Crippen molar-refractivity contribution in [2.75, 3.05) is 0 Å². The first-order chi connectivity index (χ1) is 11.5. The van der Waals surface area contributed by atoms with E-state index in [1.165, 1.54) is 6.33 Å². The molecule has 4 rings (SSSR count). The lowest BCUT2D eigenvalue weighted by Crippen LogP contribution is -2.19. The molecule has 2 aromatic heterocycles. The molecule has 3 aromatic rings. The molecule has 24 heavy (non-hydrogen) atoms. The molecule has 6 heteroatoms. The van der Waals surface area contributed by atoms with Gasteiger partial charge in [-0.1, -0.05) is 0 Å². The Morgan fingerprint density at radius 1 is 1.33 bits per heavy atom. The molecule has 0 atom stereocenters. The van der Waals surface area contributed by atoms with Crippen molar-refractivity contribution in [3.8, 4) is 17.5 Å². The molecule has 0 unspecified atom stereocenters. The summed E-state index contributed by atoms with van der Waals surface area (Å²) in [5.74, 6) is 0.750. The molecule has 1 N–H and O–H groups in total. The molecule has 0 radical (unpaired) electrons. The quantitative estimate of drug-likeness (QED) is 0.802. The van der Waals surface area contributed by atoms with Crippen molar-refractivity contribution in [1.82, 2.24) is 19.5 Å². The number of benzene rings is 1. The summed E-state index contributed by atoms with van der Waals surface area (Å²) in [6, 6.07) is 8.06. The van der Waals surface area contributed by atoms with Gasteiger partial charge in [-0.3, -0.25) is 0 Å². The Morgan fingerprint density at radius 2 is 2.12 bits per heavy atom. The smallest absolute Gasteiger partial charge is 0.144 e. The van der Waals surface area contributed by atoms with Crippen molar-refractivity contribution >= 4 is 11.0 Å². The second-order valence-electron chi connectivity index (χ2n) is 6.70. The Balaban J connectivity index is 2.02. The van der Waals surface area contributed by atoms with Gasteiger partial charge in [0.05, 0.1) is 33.9 Å². The van der Waals surface area contributed by atoms with E-state index in [0.717, 1.165) is 35.3 Å². The van der Waals surface area contributed by atoms with Gasteiger partial charge in [0.1, 0.15) is 17.8 Å². The fourth-order valence-electron chi connectivity index (χ4n) is 3.04. The van der Waals surface area contributed by atoms with Gasteiger partial charge in [0.2, 0.25) is 0 Å². The molecule has 1 saturated carbocycles. The van der Waals surface area contributed by atoms with Crippen LogP contribution in [0, 0.1) is 11.3 Å². The van der Waals surface area contributed by atoms with Crippen LogP contribution in [0.3, 0.4) is 0 Å². The Morgan fingerprint density at radius 3 is 2.79 bits per heavy atom. The van der Waals surface area contributed by atoms with E-state index in [0.29, 0.717) is 17.3 Å². The summed E-state index contributed by atoms with van der Waals surface area (Å²) in [7, 11) is 0. The number of nitriles is 1. The van der Waals surface area contributed by atoms with Gasteiger partial charge in [-0.25, -0.2) is 15.0 Å². The van der Waals surface area contributed by atoms with Gasteiger partial charge in [0.25, 0.3) is 0 Å². The van der Waals surface area contributed by atoms with E-state index in [9.17, 15) is 10.4 Å². The average Bonchev–Trinajstić information content (AvgIpc) is 3.33. The maximum atomic E-state index is 10.5. The maximum absolute atomic E-state index is 10.5. The van der Waals surface area contributed by atoms with Crippen LogP contribution >= 0.6 is 0 Å². The SMILES string of the molecule is CC(C)(O)c1ncncc1-c1nc2ccc(C#N)cc2n1C1CC1. The minimum atomic E-state index is -1.09. The molecule has 6 nitrogen and oxygen atoms in total. The summed E-state index contributed by atoms with van der Waals surface area (Å²) in [5.41, 5.74) is 2.58. The molecule has 2 heterocycles. The highest BCUT2D eigenvalue weighted by atomic mass is 16.3. The number of fused-ring (bicyclic) bond motifs is 1. The van der Waals surface area contributed by atoms with Gasteiger partial charge >= 0.3 is 0 Å². The van der Waals surface area contributed by atoms with Crippen molar-refractivity contribution < 1.29 is 5.11 Å². The second-order valence-corrected chi connectivity index (χ2v) is 6.70. The number of imidazole rings is 1. The Kier molecular flexibility index (Phi) is 3.15. The van der Waals surface area contributed by atoms with E-state index in [2.05, 4.69) is 20.6 Å². The van der Waals surface area contributed by atoms with Crippen LogP contribution in [0.5, 0.6) is 0 Å². The van der Waals surface area contributed by atoms with E-state index in [4.69, 9.17) is 4.98 Å². The third-order valence-electron chi connectivity index (χ3n) is 4.26. The molecular weight excluding hydrogens is 302 g/mol. The highest BCUT2D eigenvalue weighted by molar-refractivity contribution is 5.82. The third-order valence-corrected chi connectivity index (χ3v) is 4.26. The van der Waals surface area contributed by atoms with Crippen LogP contribution < -0.4 is 0 Å². The van der Waals surface area contributed by atoms with Crippen LogP contribution in [0.2, 0.25) is 0 Å². The first-order valence-corrected chi connectivity index (χ1v) is 7.94. The van der Waals surface area contributed by atoms with E-state index < -0.39 is 5.60 Å². The first-order valence-electron chi connectivity index (χ1n) is 7.94. The van der Waals surface area contributed by atoms with E-state index in [1.807, 2.05) is 12.1 Å². The minimum Gasteiger partial charge on any atom is -0.384 e. The lowest BCUT2D eigenvalue weighted by atomic mass is 10.00. The van der Waals surface area contributed by atoms with E-state index in [1.54, 1.807) is 26.1 Å². The summed E-state index contributed by atoms with van der Waals surface area (Å²) in [6.45, 7) is 3.41. The number of hydrogen-bond donors (Lipinski definition) is 1. The predicted octanol–water partition coefficient (Wildman–Crippen LogP) is 2.93. The highest BCUT2D eigenvalue weighted by Gasteiger charge is 2.32. The van der Waals surface area contributed by atoms with Crippen LogP contribution in [0.1, 0.15) is 44.0 Å². The number of rotatable bonds is 3. The summed E-state index contributed by atoms with van der Waals surface area (Å²) in [4.78, 5) is 13.2. The number of aromatic nitrogens is 4. The van der Waals surface area contributed by atoms with Crippen LogP contribution in [0.4, 0.5) is 0 Å². The van der Waals surface area contributed by atoms with Crippen molar-refractivity contribution in [3.63, 3.8) is 0 Å². The first kappa shape index (κ1) is 14.8. The zero-order valence-corrected chi connectivity index (χ0v) is 13.6. The standard InChI is InChI=1S/C18H17N5O/c1-18(2,24)16-13(9-20-10-21-16)17-22-14-6-3-11(8-19)7-15(14)23(17)12-4-5-12/h3,6-7,9-10,12,24H,4-5H2,1-2H3. The molecular formula is C18H17N5O. The summed E-state index contributed by atoms with van der Waals surface area (Å²) < 4.78 is 2.16.